The van der Waals surface area contributed by atoms with E-state index in [0.29, 0.717) is 12.8 Å². The third kappa shape index (κ3) is 4.65. The van der Waals surface area contributed by atoms with E-state index in [0.717, 1.165) is 22.9 Å². The summed E-state index contributed by atoms with van der Waals surface area (Å²) >= 11 is 6.89. The molecule has 5 nitrogen and oxygen atoms in total. The molecule has 0 saturated carbocycles. The number of hydrogen-bond donors (Lipinski definition) is 0. The van der Waals surface area contributed by atoms with E-state index in [2.05, 4.69) is 4.74 Å². The first kappa shape index (κ1) is 16.2. The fourth-order valence-electron chi connectivity index (χ4n) is 1.94. The van der Waals surface area contributed by atoms with Gasteiger partial charge >= 0.3 is 5.97 Å². The second-order valence-electron chi connectivity index (χ2n) is 4.43. The smallest absolute Gasteiger partial charge is 0.305 e. The van der Waals surface area contributed by atoms with Gasteiger partial charge in [-0.1, -0.05) is 24.0 Å². The Morgan fingerprint density at radius 2 is 2.32 bits per heavy atom. The summed E-state index contributed by atoms with van der Waals surface area (Å²) in [4.78, 5) is 26.1. The van der Waals surface area contributed by atoms with Crippen molar-refractivity contribution in [1.82, 2.24) is 9.80 Å². The quantitative estimate of drug-likeness (QED) is 0.435. The molecule has 1 unspecified atom stereocenters. The molecule has 1 amide bonds. The van der Waals surface area contributed by atoms with E-state index in [-0.39, 0.29) is 18.0 Å². The Morgan fingerprint density at radius 1 is 1.63 bits per heavy atom. The van der Waals surface area contributed by atoms with Crippen LogP contribution in [0, 0.1) is 0 Å². The highest BCUT2D eigenvalue weighted by Crippen LogP contribution is 2.22. The highest BCUT2D eigenvalue weighted by Gasteiger charge is 2.31. The maximum atomic E-state index is 11.5. The number of likely N-dealkylation sites (tertiary alicyclic amines) is 1. The third-order valence-electron chi connectivity index (χ3n) is 3.17. The van der Waals surface area contributed by atoms with Crippen LogP contribution >= 0.6 is 24.0 Å². The maximum Gasteiger partial charge on any atom is 0.305 e. The van der Waals surface area contributed by atoms with Crippen LogP contribution in [0.25, 0.3) is 0 Å². The van der Waals surface area contributed by atoms with Gasteiger partial charge in [-0.2, -0.15) is 0 Å². The van der Waals surface area contributed by atoms with Gasteiger partial charge in [0.1, 0.15) is 10.5 Å². The molecule has 1 heterocycles. The summed E-state index contributed by atoms with van der Waals surface area (Å²) in [6, 6.07) is 0. The molecule has 0 aromatic carbocycles. The van der Waals surface area contributed by atoms with Crippen LogP contribution in [-0.2, 0) is 14.3 Å². The molecule has 0 N–H and O–H groups in total. The fraction of sp³-hybridized carbons (Fsp3) is 0.750. The summed E-state index contributed by atoms with van der Waals surface area (Å²) in [5.74, 6) is 0.749. The molecule has 7 heteroatoms. The lowest BCUT2D eigenvalue weighted by Crippen LogP contribution is -2.43. The molecular formula is C12H20N2O3S2. The van der Waals surface area contributed by atoms with Gasteiger partial charge in [0.05, 0.1) is 7.11 Å². The Bertz CT molecular complexity index is 363. The van der Waals surface area contributed by atoms with E-state index in [1.807, 2.05) is 11.9 Å². The molecule has 1 atom stereocenters. The second kappa shape index (κ2) is 7.69. The number of thioether (sulfide) groups is 1. The Kier molecular flexibility index (Phi) is 6.57. The van der Waals surface area contributed by atoms with E-state index < -0.39 is 0 Å². The van der Waals surface area contributed by atoms with Gasteiger partial charge < -0.3 is 14.5 Å². The lowest BCUT2D eigenvalue weighted by molar-refractivity contribution is -0.140. The fourth-order valence-corrected chi connectivity index (χ4v) is 3.10. The maximum absolute atomic E-state index is 11.5. The van der Waals surface area contributed by atoms with Gasteiger partial charge in [0.2, 0.25) is 5.91 Å². The van der Waals surface area contributed by atoms with E-state index in [4.69, 9.17) is 12.2 Å². The molecule has 1 rings (SSSR count). The Labute approximate surface area is 123 Å². The average Bonchev–Trinajstić information content (AvgIpc) is 2.73. The number of hydrogen-bond acceptors (Lipinski definition) is 5. The minimum absolute atomic E-state index is 0.0631. The Hall–Kier alpha value is -0.820. The number of ether oxygens (including phenoxy) is 1. The molecule has 1 aliphatic rings. The normalized spacial score (nSPS) is 18.6. The van der Waals surface area contributed by atoms with Crippen LogP contribution in [0.1, 0.15) is 25.7 Å². The minimum atomic E-state index is -0.194. The van der Waals surface area contributed by atoms with Crippen LogP contribution in [0.2, 0.25) is 0 Å². The first-order valence-electron chi connectivity index (χ1n) is 6.19. The van der Waals surface area contributed by atoms with Gasteiger partial charge in [0.25, 0.3) is 0 Å². The van der Waals surface area contributed by atoms with Crippen molar-refractivity contribution >= 4 is 40.2 Å². The summed E-state index contributed by atoms with van der Waals surface area (Å²) < 4.78 is 5.34. The lowest BCUT2D eigenvalue weighted by atomic mass is 10.3. The molecular weight excluding hydrogens is 284 g/mol. The predicted octanol–water partition coefficient (Wildman–Crippen LogP) is 1.47. The van der Waals surface area contributed by atoms with E-state index in [1.165, 1.54) is 18.9 Å². The number of methoxy groups -OCH3 is 1. The van der Waals surface area contributed by atoms with Gasteiger partial charge in [-0.15, -0.1) is 0 Å². The zero-order chi connectivity index (χ0) is 14.4. The van der Waals surface area contributed by atoms with Crippen molar-refractivity contribution in [2.45, 2.75) is 31.8 Å². The van der Waals surface area contributed by atoms with Gasteiger partial charge in [-0.25, -0.2) is 0 Å². The van der Waals surface area contributed by atoms with Crippen LogP contribution in [0.4, 0.5) is 0 Å². The standard InChI is InChI=1S/C12H20N2O3S2/c1-13-9(6-7-10(13)15)14(2)12(18)19-8-4-5-11(16)17-3/h9H,4-8H2,1-3H3. The highest BCUT2D eigenvalue weighted by molar-refractivity contribution is 8.22. The highest BCUT2D eigenvalue weighted by atomic mass is 32.2. The third-order valence-corrected chi connectivity index (χ3v) is 4.84. The molecule has 1 saturated heterocycles. The summed E-state index contributed by atoms with van der Waals surface area (Å²) in [7, 11) is 5.11. The molecule has 0 spiro atoms. The van der Waals surface area contributed by atoms with E-state index in [9.17, 15) is 9.59 Å². The van der Waals surface area contributed by atoms with Gasteiger partial charge in [-0.3, -0.25) is 9.59 Å². The zero-order valence-electron chi connectivity index (χ0n) is 11.5. The van der Waals surface area contributed by atoms with Gasteiger partial charge in [0, 0.05) is 32.7 Å². The van der Waals surface area contributed by atoms with Crippen molar-refractivity contribution in [3.8, 4) is 0 Å². The molecule has 0 bridgehead atoms. The first-order chi connectivity index (χ1) is 8.97. The monoisotopic (exact) mass is 304 g/mol. The topological polar surface area (TPSA) is 49.9 Å². The average molecular weight is 304 g/mol. The number of amides is 1. The predicted molar refractivity (Wildman–Crippen MR) is 79.9 cm³/mol. The van der Waals surface area contributed by atoms with Crippen LogP contribution in [-0.4, -0.2) is 59.1 Å². The van der Waals surface area contributed by atoms with Crippen LogP contribution in [0.3, 0.4) is 0 Å². The number of nitrogens with zero attached hydrogens (tertiary/aromatic N) is 2. The molecule has 0 aliphatic carbocycles. The number of rotatable bonds is 5. The van der Waals surface area contributed by atoms with Crippen LogP contribution in [0.15, 0.2) is 0 Å². The summed E-state index contributed by atoms with van der Waals surface area (Å²) in [5.41, 5.74) is 0. The van der Waals surface area contributed by atoms with Crippen molar-refractivity contribution in [2.24, 2.45) is 0 Å². The van der Waals surface area contributed by atoms with Crippen LogP contribution in [0.5, 0.6) is 0 Å². The van der Waals surface area contributed by atoms with Crippen LogP contribution < -0.4 is 0 Å². The van der Waals surface area contributed by atoms with Crippen molar-refractivity contribution in [3.05, 3.63) is 0 Å². The zero-order valence-corrected chi connectivity index (χ0v) is 13.2. The molecule has 0 radical (unpaired) electrons. The molecule has 0 aromatic rings. The van der Waals surface area contributed by atoms with E-state index in [1.54, 1.807) is 11.9 Å². The van der Waals surface area contributed by atoms with Crippen molar-refractivity contribution in [1.29, 1.82) is 0 Å². The van der Waals surface area contributed by atoms with Gasteiger partial charge in [-0.05, 0) is 12.8 Å². The lowest BCUT2D eigenvalue weighted by Gasteiger charge is -2.31. The summed E-state index contributed by atoms with van der Waals surface area (Å²) in [6.45, 7) is 0. The molecule has 1 fully saturated rings. The van der Waals surface area contributed by atoms with Crippen molar-refractivity contribution in [2.75, 3.05) is 27.0 Å². The minimum Gasteiger partial charge on any atom is -0.469 e. The summed E-state index contributed by atoms with van der Waals surface area (Å²) in [6.07, 6.45) is 2.62. The SMILES string of the molecule is COC(=O)CCCSC(=S)N(C)C1CCC(=O)N1C. The number of carbonyl (C=O) groups is 2. The summed E-state index contributed by atoms with van der Waals surface area (Å²) in [5, 5.41) is 0. The van der Waals surface area contributed by atoms with Crippen molar-refractivity contribution < 1.29 is 14.3 Å². The van der Waals surface area contributed by atoms with Gasteiger partial charge in [0.15, 0.2) is 0 Å². The largest absolute Gasteiger partial charge is 0.469 e. The molecule has 108 valence electrons. The molecule has 0 aromatic heterocycles. The van der Waals surface area contributed by atoms with Crippen molar-refractivity contribution in [3.63, 3.8) is 0 Å². The second-order valence-corrected chi connectivity index (χ2v) is 6.16. The van der Waals surface area contributed by atoms with E-state index >= 15 is 0 Å². The molecule has 1 aliphatic heterocycles. The Balaban J connectivity index is 2.29. The number of carbonyl (C=O) groups excluding carboxylic acids is 2. The Morgan fingerprint density at radius 3 is 2.84 bits per heavy atom. The first-order valence-corrected chi connectivity index (χ1v) is 7.58. The molecule has 19 heavy (non-hydrogen) atoms. The number of esters is 1. The number of thiocarbonyl (C=S) groups is 1.